The van der Waals surface area contributed by atoms with Crippen molar-refractivity contribution in [2.45, 2.75) is 40.2 Å². The maximum atomic E-state index is 13.6. The summed E-state index contributed by atoms with van der Waals surface area (Å²) in [5.74, 6) is -1.05. The molecule has 0 aliphatic carbocycles. The SMILES string of the molecule is CS/C(=C\C(=C\C(=O)N1CCN(CC(=O)NCCN(C)C)C(=O)C1(C)C)NC(=O)Nc1cccc(Cl)c1Cl)C(C)(C)C. The molecular formula is C29H42Cl2N6O4S. The summed E-state index contributed by atoms with van der Waals surface area (Å²) in [6.07, 6.45) is 4.96. The number of likely N-dealkylation sites (N-methyl/N-ethyl adjacent to an activating group) is 1. The number of allylic oxidation sites excluding steroid dienone is 2. The summed E-state index contributed by atoms with van der Waals surface area (Å²) in [7, 11) is 3.82. The van der Waals surface area contributed by atoms with Crippen LogP contribution < -0.4 is 16.0 Å². The van der Waals surface area contributed by atoms with Gasteiger partial charge in [-0.1, -0.05) is 50.0 Å². The van der Waals surface area contributed by atoms with Gasteiger partial charge in [0.05, 0.1) is 22.3 Å². The number of nitrogens with one attached hydrogen (secondary N) is 3. The smallest absolute Gasteiger partial charge is 0.323 e. The molecule has 0 bridgehead atoms. The van der Waals surface area contributed by atoms with Crippen molar-refractivity contribution in [3.8, 4) is 0 Å². The molecule has 0 unspecified atom stereocenters. The van der Waals surface area contributed by atoms with E-state index in [0.29, 0.717) is 18.8 Å². The van der Waals surface area contributed by atoms with E-state index in [0.717, 1.165) is 4.91 Å². The minimum atomic E-state index is -1.21. The van der Waals surface area contributed by atoms with Gasteiger partial charge in [-0.2, -0.15) is 0 Å². The Kier molecular flexibility index (Phi) is 12.8. The summed E-state index contributed by atoms with van der Waals surface area (Å²) in [6, 6.07) is 4.25. The van der Waals surface area contributed by atoms with Gasteiger partial charge in [0.25, 0.3) is 0 Å². The minimum Gasteiger partial charge on any atom is -0.353 e. The fraction of sp³-hybridized carbons (Fsp3) is 0.517. The van der Waals surface area contributed by atoms with E-state index in [1.165, 1.54) is 27.6 Å². The first-order valence-electron chi connectivity index (χ1n) is 13.5. The van der Waals surface area contributed by atoms with Gasteiger partial charge in [0.15, 0.2) is 0 Å². The van der Waals surface area contributed by atoms with Crippen molar-refractivity contribution in [1.82, 2.24) is 25.3 Å². The summed E-state index contributed by atoms with van der Waals surface area (Å²) >= 11 is 13.8. The number of piperazine rings is 1. The van der Waals surface area contributed by atoms with Crippen molar-refractivity contribution in [3.63, 3.8) is 0 Å². The van der Waals surface area contributed by atoms with E-state index in [-0.39, 0.29) is 52.6 Å². The van der Waals surface area contributed by atoms with Crippen LogP contribution in [-0.4, -0.2) is 97.1 Å². The molecule has 0 aromatic heterocycles. The molecule has 1 saturated heterocycles. The molecular weight excluding hydrogens is 599 g/mol. The minimum absolute atomic E-state index is 0.0853. The molecule has 2 rings (SSSR count). The summed E-state index contributed by atoms with van der Waals surface area (Å²) in [5.41, 5.74) is -0.927. The molecule has 3 N–H and O–H groups in total. The van der Waals surface area contributed by atoms with Crippen LogP contribution in [-0.2, 0) is 14.4 Å². The number of carbonyl (C=O) groups excluding carboxylic acids is 4. The van der Waals surface area contributed by atoms with Gasteiger partial charge in [-0.25, -0.2) is 4.79 Å². The number of anilines is 1. The summed E-state index contributed by atoms with van der Waals surface area (Å²) < 4.78 is 0. The topological polar surface area (TPSA) is 114 Å². The van der Waals surface area contributed by atoms with Crippen molar-refractivity contribution in [2.75, 3.05) is 58.4 Å². The van der Waals surface area contributed by atoms with E-state index in [1.807, 2.05) is 46.0 Å². The molecule has 1 aromatic carbocycles. The fourth-order valence-corrected chi connectivity index (χ4v) is 5.43. The highest BCUT2D eigenvalue weighted by molar-refractivity contribution is 8.02. The molecule has 1 aromatic rings. The number of hydrogen-bond donors (Lipinski definition) is 3. The highest BCUT2D eigenvalue weighted by Gasteiger charge is 2.44. The zero-order chi connectivity index (χ0) is 31.8. The van der Waals surface area contributed by atoms with Crippen LogP contribution in [0.1, 0.15) is 34.6 Å². The Balaban J connectivity index is 2.28. The second-order valence-electron chi connectivity index (χ2n) is 11.7. The number of thioether (sulfide) groups is 1. The highest BCUT2D eigenvalue weighted by atomic mass is 35.5. The third-order valence-electron chi connectivity index (χ3n) is 6.54. The standard InChI is InChI=1S/C29H42Cl2N6O4S/c1-28(2,3)22(42-8)16-19(33-27(41)34-21-11-9-10-20(30)25(21)31)17-24(39)37-15-14-36(26(40)29(37,4)5)18-23(38)32-12-13-35(6)7/h9-11,16-17H,12-15,18H2,1-8H3,(H,32,38)(H2,33,34,41)/b19-17-,22-16-. The molecule has 1 heterocycles. The van der Waals surface area contributed by atoms with E-state index in [9.17, 15) is 19.2 Å². The van der Waals surface area contributed by atoms with Gasteiger partial charge in [-0.3, -0.25) is 14.4 Å². The van der Waals surface area contributed by atoms with Crippen LogP contribution in [0.25, 0.3) is 0 Å². The second-order valence-corrected chi connectivity index (χ2v) is 13.3. The van der Waals surface area contributed by atoms with Gasteiger partial charge >= 0.3 is 6.03 Å². The van der Waals surface area contributed by atoms with Crippen LogP contribution in [0.2, 0.25) is 10.0 Å². The largest absolute Gasteiger partial charge is 0.353 e. The molecule has 0 radical (unpaired) electrons. The molecule has 10 nitrogen and oxygen atoms in total. The zero-order valence-electron chi connectivity index (χ0n) is 25.6. The quantitative estimate of drug-likeness (QED) is 0.258. The molecule has 1 aliphatic rings. The van der Waals surface area contributed by atoms with E-state index in [2.05, 4.69) is 16.0 Å². The Morgan fingerprint density at radius 1 is 1.12 bits per heavy atom. The Labute approximate surface area is 263 Å². The Morgan fingerprint density at radius 3 is 2.38 bits per heavy atom. The molecule has 1 aliphatic heterocycles. The van der Waals surface area contributed by atoms with Crippen molar-refractivity contribution >= 4 is 64.4 Å². The van der Waals surface area contributed by atoms with Crippen LogP contribution in [0.3, 0.4) is 0 Å². The van der Waals surface area contributed by atoms with Crippen molar-refractivity contribution < 1.29 is 19.2 Å². The average molecular weight is 642 g/mol. The molecule has 0 spiro atoms. The number of urea groups is 1. The van der Waals surface area contributed by atoms with E-state index in [1.54, 1.807) is 38.1 Å². The zero-order valence-corrected chi connectivity index (χ0v) is 27.9. The number of amides is 5. The normalized spacial score (nSPS) is 16.0. The lowest BCUT2D eigenvalue weighted by Gasteiger charge is -2.45. The number of halogens is 2. The van der Waals surface area contributed by atoms with Crippen molar-refractivity contribution in [2.24, 2.45) is 5.41 Å². The summed E-state index contributed by atoms with van der Waals surface area (Å²) in [6.45, 7) is 10.9. The first-order chi connectivity index (χ1) is 19.5. The number of hydrogen-bond acceptors (Lipinski definition) is 6. The predicted octanol–water partition coefficient (Wildman–Crippen LogP) is 4.42. The molecule has 42 heavy (non-hydrogen) atoms. The van der Waals surface area contributed by atoms with E-state index < -0.39 is 17.5 Å². The molecule has 0 saturated carbocycles. The molecule has 5 amide bonds. The fourth-order valence-electron chi connectivity index (χ4n) is 4.22. The molecule has 1 fully saturated rings. The first-order valence-corrected chi connectivity index (χ1v) is 15.5. The van der Waals surface area contributed by atoms with Gasteiger partial charge in [0.1, 0.15) is 5.54 Å². The van der Waals surface area contributed by atoms with Crippen LogP contribution in [0.15, 0.2) is 41.0 Å². The Morgan fingerprint density at radius 2 is 1.79 bits per heavy atom. The number of carbonyl (C=O) groups is 4. The van der Waals surface area contributed by atoms with Gasteiger partial charge in [-0.05, 0) is 62.7 Å². The monoisotopic (exact) mass is 640 g/mol. The number of rotatable bonds is 10. The van der Waals surface area contributed by atoms with Gasteiger partial charge < -0.3 is 30.7 Å². The average Bonchev–Trinajstić information content (AvgIpc) is 2.87. The predicted molar refractivity (Wildman–Crippen MR) is 172 cm³/mol. The Bertz CT molecular complexity index is 1240. The number of nitrogens with zero attached hydrogens (tertiary/aromatic N) is 3. The molecule has 232 valence electrons. The summed E-state index contributed by atoms with van der Waals surface area (Å²) in [4.78, 5) is 58.1. The van der Waals surface area contributed by atoms with Crippen LogP contribution in [0.4, 0.5) is 10.5 Å². The van der Waals surface area contributed by atoms with Crippen LogP contribution >= 0.6 is 35.0 Å². The third kappa shape index (κ3) is 9.93. The third-order valence-corrected chi connectivity index (χ3v) is 8.53. The van der Waals surface area contributed by atoms with Crippen LogP contribution in [0, 0.1) is 5.41 Å². The lowest BCUT2D eigenvalue weighted by molar-refractivity contribution is -0.157. The lowest BCUT2D eigenvalue weighted by atomic mass is 9.95. The van der Waals surface area contributed by atoms with Gasteiger partial charge in [0.2, 0.25) is 17.7 Å². The van der Waals surface area contributed by atoms with Gasteiger partial charge in [-0.15, -0.1) is 11.8 Å². The van der Waals surface area contributed by atoms with Crippen molar-refractivity contribution in [1.29, 1.82) is 0 Å². The maximum absolute atomic E-state index is 13.6. The lowest BCUT2D eigenvalue weighted by Crippen LogP contribution is -2.65. The molecule has 13 heteroatoms. The van der Waals surface area contributed by atoms with E-state index in [4.69, 9.17) is 23.2 Å². The second kappa shape index (κ2) is 15.1. The van der Waals surface area contributed by atoms with E-state index >= 15 is 0 Å². The van der Waals surface area contributed by atoms with Crippen molar-refractivity contribution in [3.05, 3.63) is 51.0 Å². The van der Waals surface area contributed by atoms with Gasteiger partial charge in [0, 0.05) is 38.0 Å². The first kappa shape index (κ1) is 35.5. The Hall–Kier alpha value is -2.73. The van der Waals surface area contributed by atoms with Crippen LogP contribution in [0.5, 0.6) is 0 Å². The number of benzene rings is 1. The molecule has 0 atom stereocenters. The maximum Gasteiger partial charge on any atom is 0.323 e. The highest BCUT2D eigenvalue weighted by Crippen LogP contribution is 2.34. The summed E-state index contributed by atoms with van der Waals surface area (Å²) in [5, 5.41) is 8.69.